The van der Waals surface area contributed by atoms with Gasteiger partial charge in [-0.3, -0.25) is 0 Å². The van der Waals surface area contributed by atoms with Gasteiger partial charge in [-0.1, -0.05) is 24.6 Å². The summed E-state index contributed by atoms with van der Waals surface area (Å²) in [7, 11) is 0. The molecule has 2 heterocycles. The van der Waals surface area contributed by atoms with Gasteiger partial charge in [-0.15, -0.1) is 11.3 Å². The molecule has 0 fully saturated rings. The highest BCUT2D eigenvalue weighted by Crippen LogP contribution is 2.25. The van der Waals surface area contributed by atoms with Gasteiger partial charge >= 0.3 is 5.97 Å². The average Bonchev–Trinajstić information content (AvgIpc) is 3.32. The quantitative estimate of drug-likeness (QED) is 0.422. The van der Waals surface area contributed by atoms with Crippen LogP contribution in [0.1, 0.15) is 35.8 Å². The van der Waals surface area contributed by atoms with E-state index in [1.165, 1.54) is 0 Å². The highest BCUT2D eigenvalue weighted by molar-refractivity contribution is 7.13. The van der Waals surface area contributed by atoms with Gasteiger partial charge in [0.1, 0.15) is 18.1 Å². The Balaban J connectivity index is 1.52. The lowest BCUT2D eigenvalue weighted by molar-refractivity contribution is 0.0464. The van der Waals surface area contributed by atoms with E-state index < -0.39 is 5.97 Å². The molecule has 0 aliphatic heterocycles. The van der Waals surface area contributed by atoms with Crippen LogP contribution < -0.4 is 4.74 Å². The van der Waals surface area contributed by atoms with Gasteiger partial charge in [0.2, 0.25) is 0 Å². The molecule has 6 heteroatoms. The number of nitrogens with zero attached hydrogens (tertiary/aromatic N) is 1. The molecule has 0 unspecified atom stereocenters. The summed E-state index contributed by atoms with van der Waals surface area (Å²) in [6, 6.07) is 12.6. The van der Waals surface area contributed by atoms with Crippen LogP contribution in [0.25, 0.3) is 10.6 Å². The second-order valence-corrected chi connectivity index (χ2v) is 6.41. The van der Waals surface area contributed by atoms with Crippen LogP contribution in [0, 0.1) is 0 Å². The van der Waals surface area contributed by atoms with Crippen molar-refractivity contribution in [1.82, 2.24) is 5.16 Å². The summed E-state index contributed by atoms with van der Waals surface area (Å²) in [4.78, 5) is 13.1. The van der Waals surface area contributed by atoms with Crippen molar-refractivity contribution in [2.24, 2.45) is 0 Å². The third kappa shape index (κ3) is 4.70. The van der Waals surface area contributed by atoms with E-state index in [0.29, 0.717) is 23.6 Å². The van der Waals surface area contributed by atoms with Crippen molar-refractivity contribution < 1.29 is 18.8 Å². The molecule has 25 heavy (non-hydrogen) atoms. The van der Waals surface area contributed by atoms with E-state index in [0.717, 1.165) is 23.5 Å². The predicted octanol–water partition coefficient (Wildman–Crippen LogP) is 4.94. The molecule has 0 saturated heterocycles. The average molecular weight is 357 g/mol. The zero-order valence-corrected chi connectivity index (χ0v) is 14.8. The number of carbonyl (C=O) groups is 1. The van der Waals surface area contributed by atoms with Crippen LogP contribution in [0.2, 0.25) is 0 Å². The first kappa shape index (κ1) is 17.2. The third-order valence-electron chi connectivity index (χ3n) is 3.53. The monoisotopic (exact) mass is 357 g/mol. The maximum Gasteiger partial charge on any atom is 0.338 e. The first-order valence-electron chi connectivity index (χ1n) is 8.15. The summed E-state index contributed by atoms with van der Waals surface area (Å²) < 4.78 is 16.1. The predicted molar refractivity (Wildman–Crippen MR) is 95.8 cm³/mol. The van der Waals surface area contributed by atoms with Gasteiger partial charge in [-0.2, -0.15) is 0 Å². The molecule has 5 nitrogen and oxygen atoms in total. The molecular formula is C19H19NO4S. The summed E-state index contributed by atoms with van der Waals surface area (Å²) in [5, 5.41) is 5.89. The van der Waals surface area contributed by atoms with Crippen molar-refractivity contribution in [3.8, 4) is 16.4 Å². The smallest absolute Gasteiger partial charge is 0.338 e. The zero-order valence-electron chi connectivity index (χ0n) is 13.9. The molecule has 0 amide bonds. The summed E-state index contributed by atoms with van der Waals surface area (Å²) >= 11 is 1.57. The van der Waals surface area contributed by atoms with E-state index in [2.05, 4.69) is 12.1 Å². The third-order valence-corrected chi connectivity index (χ3v) is 4.42. The van der Waals surface area contributed by atoms with Crippen molar-refractivity contribution in [2.45, 2.75) is 26.4 Å². The van der Waals surface area contributed by atoms with Gasteiger partial charge in [-0.25, -0.2) is 4.79 Å². The Kier molecular flexibility index (Phi) is 5.85. The molecule has 3 rings (SSSR count). The maximum atomic E-state index is 12.1. The van der Waals surface area contributed by atoms with Crippen LogP contribution in [0.15, 0.2) is 52.4 Å². The number of unbranched alkanes of at least 4 members (excludes halogenated alkanes) is 1. The SMILES string of the molecule is CCCCOc1ccc(C(=O)OCc2cc(-c3cccs3)on2)cc1. The Morgan fingerprint density at radius 2 is 2.08 bits per heavy atom. The van der Waals surface area contributed by atoms with Crippen molar-refractivity contribution in [2.75, 3.05) is 6.61 Å². The number of thiophene rings is 1. The normalized spacial score (nSPS) is 10.6. The molecule has 1 aromatic carbocycles. The van der Waals surface area contributed by atoms with Crippen molar-refractivity contribution in [1.29, 1.82) is 0 Å². The summed E-state index contributed by atoms with van der Waals surface area (Å²) in [5.41, 5.74) is 1.06. The van der Waals surface area contributed by atoms with Crippen molar-refractivity contribution in [3.05, 3.63) is 59.1 Å². The lowest BCUT2D eigenvalue weighted by atomic mass is 10.2. The molecule has 0 radical (unpaired) electrons. The lowest BCUT2D eigenvalue weighted by Gasteiger charge is -2.06. The lowest BCUT2D eigenvalue weighted by Crippen LogP contribution is -2.05. The highest BCUT2D eigenvalue weighted by atomic mass is 32.1. The van der Waals surface area contributed by atoms with E-state index in [-0.39, 0.29) is 6.61 Å². The number of aromatic nitrogens is 1. The zero-order chi connectivity index (χ0) is 17.5. The van der Waals surface area contributed by atoms with E-state index in [1.54, 1.807) is 41.7 Å². The minimum Gasteiger partial charge on any atom is -0.494 e. The molecule has 0 saturated carbocycles. The Labute approximate surface area is 150 Å². The van der Waals surface area contributed by atoms with E-state index >= 15 is 0 Å². The van der Waals surface area contributed by atoms with Crippen LogP contribution >= 0.6 is 11.3 Å². The number of benzene rings is 1. The number of carbonyl (C=O) groups excluding carboxylic acids is 1. The second-order valence-electron chi connectivity index (χ2n) is 5.46. The van der Waals surface area contributed by atoms with Crippen LogP contribution in [0.3, 0.4) is 0 Å². The van der Waals surface area contributed by atoms with Crippen molar-refractivity contribution in [3.63, 3.8) is 0 Å². The van der Waals surface area contributed by atoms with Crippen molar-refractivity contribution >= 4 is 17.3 Å². The second kappa shape index (κ2) is 8.48. The Morgan fingerprint density at radius 1 is 1.24 bits per heavy atom. The first-order valence-corrected chi connectivity index (χ1v) is 9.03. The van der Waals surface area contributed by atoms with Gasteiger partial charge in [0.25, 0.3) is 0 Å². The number of ether oxygens (including phenoxy) is 2. The molecule has 2 aromatic heterocycles. The molecule has 0 aliphatic carbocycles. The van der Waals surface area contributed by atoms with Gasteiger partial charge in [0.05, 0.1) is 17.0 Å². The van der Waals surface area contributed by atoms with Gasteiger partial charge in [0, 0.05) is 6.07 Å². The molecule has 0 atom stereocenters. The molecule has 3 aromatic rings. The summed E-state index contributed by atoms with van der Waals surface area (Å²) in [5.74, 6) is 1.03. The van der Waals surface area contributed by atoms with Gasteiger partial charge < -0.3 is 14.0 Å². The molecular weight excluding hydrogens is 338 g/mol. The standard InChI is InChI=1S/C19H19NO4S/c1-2-3-10-22-16-8-6-14(7-9-16)19(21)23-13-15-12-17(24-20-15)18-5-4-11-25-18/h4-9,11-12H,2-3,10,13H2,1H3. The van der Waals surface area contributed by atoms with Crippen LogP contribution in [-0.2, 0) is 11.3 Å². The fourth-order valence-electron chi connectivity index (χ4n) is 2.16. The molecule has 0 spiro atoms. The van der Waals surface area contributed by atoms with Crippen LogP contribution in [-0.4, -0.2) is 17.7 Å². The number of esters is 1. The Bertz CT molecular complexity index is 793. The summed E-state index contributed by atoms with van der Waals surface area (Å²) in [6.45, 7) is 2.86. The van der Waals surface area contributed by atoms with Gasteiger partial charge in [-0.05, 0) is 42.1 Å². The summed E-state index contributed by atoms with van der Waals surface area (Å²) in [6.07, 6.45) is 2.09. The highest BCUT2D eigenvalue weighted by Gasteiger charge is 2.11. The van der Waals surface area contributed by atoms with E-state index in [9.17, 15) is 4.79 Å². The van der Waals surface area contributed by atoms with Crippen LogP contribution in [0.4, 0.5) is 0 Å². The largest absolute Gasteiger partial charge is 0.494 e. The number of hydrogen-bond donors (Lipinski definition) is 0. The molecule has 130 valence electrons. The maximum absolute atomic E-state index is 12.1. The first-order chi connectivity index (χ1) is 12.3. The number of rotatable bonds is 8. The molecule has 0 bridgehead atoms. The molecule has 0 aliphatic rings. The van der Waals surface area contributed by atoms with Crippen LogP contribution in [0.5, 0.6) is 5.75 Å². The fraction of sp³-hybridized carbons (Fsp3) is 0.263. The minimum atomic E-state index is -0.402. The fourth-order valence-corrected chi connectivity index (χ4v) is 2.83. The van der Waals surface area contributed by atoms with Gasteiger partial charge in [0.15, 0.2) is 5.76 Å². The molecule has 0 N–H and O–H groups in total. The van der Waals surface area contributed by atoms with E-state index in [1.807, 2.05) is 17.5 Å². The Hall–Kier alpha value is -2.60. The Morgan fingerprint density at radius 3 is 2.80 bits per heavy atom. The minimum absolute atomic E-state index is 0.0719. The number of hydrogen-bond acceptors (Lipinski definition) is 6. The van der Waals surface area contributed by atoms with E-state index in [4.69, 9.17) is 14.0 Å². The topological polar surface area (TPSA) is 61.6 Å².